The number of carbonyl (C=O) groups excluding carboxylic acids is 1. The minimum Gasteiger partial charge on any atom is -0.476 e. The largest absolute Gasteiger partial charge is 0.476 e. The van der Waals surface area contributed by atoms with Crippen LogP contribution in [0.5, 0.6) is 0 Å². The number of thiazole rings is 1. The van der Waals surface area contributed by atoms with Gasteiger partial charge in [-0.25, -0.2) is 18.2 Å². The van der Waals surface area contributed by atoms with Gasteiger partial charge in [-0.3, -0.25) is 4.79 Å². The minimum atomic E-state index is -3.13. The van der Waals surface area contributed by atoms with E-state index in [0.717, 1.165) is 5.41 Å². The summed E-state index contributed by atoms with van der Waals surface area (Å²) in [5.41, 5.74) is 0.00243. The number of aromatic nitrogens is 1. The molecule has 1 aliphatic rings. The number of aromatic carboxylic acids is 1. The predicted molar refractivity (Wildman–Crippen MR) is 76.8 cm³/mol. The number of nitrogens with zero attached hydrogens (tertiary/aromatic N) is 1. The number of rotatable bonds is 6. The van der Waals surface area contributed by atoms with Gasteiger partial charge in [-0.1, -0.05) is 6.08 Å². The lowest BCUT2D eigenvalue weighted by Gasteiger charge is -2.07. The van der Waals surface area contributed by atoms with Gasteiger partial charge in [0.25, 0.3) is 0 Å². The summed E-state index contributed by atoms with van der Waals surface area (Å²) in [6.45, 7) is 0.342. The molecule has 0 saturated carbocycles. The summed E-state index contributed by atoms with van der Waals surface area (Å²) in [6.07, 6.45) is 2.12. The van der Waals surface area contributed by atoms with Crippen LogP contribution in [0.3, 0.4) is 0 Å². The summed E-state index contributed by atoms with van der Waals surface area (Å²) in [5.74, 6) is -1.59. The lowest BCUT2D eigenvalue weighted by molar-refractivity contribution is -0.121. The molecule has 114 valence electrons. The van der Waals surface area contributed by atoms with Crippen molar-refractivity contribution in [2.45, 2.75) is 12.8 Å². The zero-order chi connectivity index (χ0) is 15.5. The molecule has 9 heteroatoms. The Morgan fingerprint density at radius 3 is 2.81 bits per heavy atom. The van der Waals surface area contributed by atoms with Crippen LogP contribution < -0.4 is 5.32 Å². The van der Waals surface area contributed by atoms with Gasteiger partial charge in [-0.05, 0) is 0 Å². The maximum atomic E-state index is 11.7. The molecule has 2 heterocycles. The van der Waals surface area contributed by atoms with E-state index in [1.165, 1.54) is 22.8 Å². The molecule has 2 rings (SSSR count). The van der Waals surface area contributed by atoms with E-state index in [-0.39, 0.29) is 29.7 Å². The van der Waals surface area contributed by atoms with Gasteiger partial charge in [0.1, 0.15) is 0 Å². The van der Waals surface area contributed by atoms with Crippen LogP contribution in [0.1, 0.15) is 21.9 Å². The Morgan fingerprint density at radius 2 is 2.24 bits per heavy atom. The average molecular weight is 330 g/mol. The second-order valence-corrected chi connectivity index (χ2v) is 7.53. The summed E-state index contributed by atoms with van der Waals surface area (Å²) >= 11 is 1.23. The van der Waals surface area contributed by atoms with E-state index in [1.807, 2.05) is 0 Å². The highest BCUT2D eigenvalue weighted by atomic mass is 32.2. The van der Waals surface area contributed by atoms with Crippen molar-refractivity contribution in [1.82, 2.24) is 10.3 Å². The van der Waals surface area contributed by atoms with Gasteiger partial charge in [0.2, 0.25) is 5.91 Å². The third-order valence-corrected chi connectivity index (χ3v) is 5.26. The summed E-state index contributed by atoms with van der Waals surface area (Å²) < 4.78 is 22.4. The normalized spacial score (nSPS) is 19.5. The molecule has 1 atom stereocenters. The van der Waals surface area contributed by atoms with E-state index >= 15 is 0 Å². The molecule has 0 aliphatic carbocycles. The van der Waals surface area contributed by atoms with Crippen LogP contribution in [0.15, 0.2) is 16.9 Å². The topological polar surface area (TPSA) is 113 Å². The molecule has 7 nitrogen and oxygen atoms in total. The molecule has 1 aliphatic heterocycles. The summed E-state index contributed by atoms with van der Waals surface area (Å²) in [4.78, 5) is 26.2. The van der Waals surface area contributed by atoms with E-state index in [1.54, 1.807) is 0 Å². The Hall–Kier alpha value is -1.74. The van der Waals surface area contributed by atoms with E-state index in [9.17, 15) is 18.0 Å². The Balaban J connectivity index is 1.72. The fraction of sp³-hybridized carbons (Fsp3) is 0.417. The fourth-order valence-corrected chi connectivity index (χ4v) is 4.08. The molecule has 0 fully saturated rings. The van der Waals surface area contributed by atoms with Crippen LogP contribution in [0.2, 0.25) is 0 Å². The first-order valence-electron chi connectivity index (χ1n) is 6.21. The molecule has 21 heavy (non-hydrogen) atoms. The molecular weight excluding hydrogens is 316 g/mol. The Kier molecular flexibility index (Phi) is 4.73. The SMILES string of the molecule is O=C(C[C@@H]1C=CS(=O)(=O)C1)NCCc1nc(C(=O)O)cs1. The third kappa shape index (κ3) is 4.64. The monoisotopic (exact) mass is 330 g/mol. The third-order valence-electron chi connectivity index (χ3n) is 2.88. The maximum Gasteiger partial charge on any atom is 0.355 e. The van der Waals surface area contributed by atoms with Crippen molar-refractivity contribution in [2.75, 3.05) is 12.3 Å². The Bertz CT molecular complexity index is 678. The number of sulfone groups is 1. The van der Waals surface area contributed by atoms with Crippen molar-refractivity contribution in [2.24, 2.45) is 5.92 Å². The van der Waals surface area contributed by atoms with Crippen LogP contribution in [-0.4, -0.2) is 42.7 Å². The number of amides is 1. The number of nitrogens with one attached hydrogen (secondary N) is 1. The van der Waals surface area contributed by atoms with Crippen molar-refractivity contribution in [3.8, 4) is 0 Å². The van der Waals surface area contributed by atoms with Gasteiger partial charge in [0, 0.05) is 36.1 Å². The lowest BCUT2D eigenvalue weighted by atomic mass is 10.1. The quantitative estimate of drug-likeness (QED) is 0.783. The molecule has 0 bridgehead atoms. The van der Waals surface area contributed by atoms with Crippen molar-refractivity contribution in [3.05, 3.63) is 27.6 Å². The molecule has 1 aromatic rings. The van der Waals surface area contributed by atoms with E-state index in [4.69, 9.17) is 5.11 Å². The first kappa shape index (κ1) is 15.6. The van der Waals surface area contributed by atoms with Gasteiger partial charge < -0.3 is 10.4 Å². The predicted octanol–water partition coefficient (Wildman–Crippen LogP) is 0.448. The molecular formula is C12H14N2O5S2. The molecule has 0 saturated heterocycles. The number of hydrogen-bond acceptors (Lipinski definition) is 6. The van der Waals surface area contributed by atoms with Crippen LogP contribution in [-0.2, 0) is 21.1 Å². The van der Waals surface area contributed by atoms with Crippen molar-refractivity contribution in [3.63, 3.8) is 0 Å². The highest BCUT2D eigenvalue weighted by molar-refractivity contribution is 7.94. The molecule has 0 radical (unpaired) electrons. The zero-order valence-corrected chi connectivity index (χ0v) is 12.6. The summed E-state index contributed by atoms with van der Waals surface area (Å²) in [6, 6.07) is 0. The van der Waals surface area contributed by atoms with E-state index in [0.29, 0.717) is 18.0 Å². The number of carboxylic acids is 1. The molecule has 1 aromatic heterocycles. The summed E-state index contributed by atoms with van der Waals surface area (Å²) in [5, 5.41) is 14.6. The fourth-order valence-electron chi connectivity index (χ4n) is 1.91. The van der Waals surface area contributed by atoms with Gasteiger partial charge in [-0.15, -0.1) is 11.3 Å². The van der Waals surface area contributed by atoms with Gasteiger partial charge in [0.15, 0.2) is 15.5 Å². The highest BCUT2D eigenvalue weighted by Crippen LogP contribution is 2.18. The molecule has 0 unspecified atom stereocenters. The average Bonchev–Trinajstić information content (AvgIpc) is 2.96. The second kappa shape index (κ2) is 6.35. The first-order valence-corrected chi connectivity index (χ1v) is 8.80. The molecule has 0 spiro atoms. The smallest absolute Gasteiger partial charge is 0.355 e. The van der Waals surface area contributed by atoms with Crippen molar-refractivity contribution >= 4 is 33.1 Å². The Morgan fingerprint density at radius 1 is 1.48 bits per heavy atom. The summed E-state index contributed by atoms with van der Waals surface area (Å²) in [7, 11) is -3.13. The standard InChI is InChI=1S/C12H14N2O5S2/c15-10(5-8-2-4-21(18,19)7-8)13-3-1-11-14-9(6-20-11)12(16)17/h2,4,6,8H,1,3,5,7H2,(H,13,15)(H,16,17)/t8-/m0/s1. The number of carbonyl (C=O) groups is 2. The molecule has 0 aromatic carbocycles. The van der Waals surface area contributed by atoms with Crippen LogP contribution in [0.25, 0.3) is 0 Å². The second-order valence-electron chi connectivity index (χ2n) is 4.65. The van der Waals surface area contributed by atoms with E-state index < -0.39 is 15.8 Å². The van der Waals surface area contributed by atoms with Crippen molar-refractivity contribution in [1.29, 1.82) is 0 Å². The number of carboxylic acid groups (broad SMARTS) is 1. The van der Waals surface area contributed by atoms with Crippen molar-refractivity contribution < 1.29 is 23.1 Å². The van der Waals surface area contributed by atoms with Crippen LogP contribution in [0.4, 0.5) is 0 Å². The maximum absolute atomic E-state index is 11.7. The van der Waals surface area contributed by atoms with Crippen LogP contribution >= 0.6 is 11.3 Å². The van der Waals surface area contributed by atoms with E-state index in [2.05, 4.69) is 10.3 Å². The minimum absolute atomic E-state index is 0.00243. The first-order chi connectivity index (χ1) is 9.85. The van der Waals surface area contributed by atoms with Gasteiger partial charge in [0.05, 0.1) is 10.8 Å². The number of hydrogen-bond donors (Lipinski definition) is 2. The molecule has 2 N–H and O–H groups in total. The highest BCUT2D eigenvalue weighted by Gasteiger charge is 2.23. The zero-order valence-electron chi connectivity index (χ0n) is 11.0. The number of allylic oxidation sites excluding steroid dienone is 1. The molecule has 1 amide bonds. The van der Waals surface area contributed by atoms with Crippen LogP contribution in [0, 0.1) is 5.92 Å². The van der Waals surface area contributed by atoms with Gasteiger partial charge >= 0.3 is 5.97 Å². The Labute approximate surface area is 125 Å². The lowest BCUT2D eigenvalue weighted by Crippen LogP contribution is -2.27. The van der Waals surface area contributed by atoms with Gasteiger partial charge in [-0.2, -0.15) is 0 Å².